The van der Waals surface area contributed by atoms with Gasteiger partial charge >= 0.3 is 0 Å². The first-order chi connectivity index (χ1) is 16.0. The number of ether oxygens (including phenoxy) is 1. The van der Waals surface area contributed by atoms with Gasteiger partial charge in [-0.15, -0.1) is 0 Å². The molecule has 0 spiro atoms. The first kappa shape index (κ1) is 25.4. The summed E-state index contributed by atoms with van der Waals surface area (Å²) in [4.78, 5) is 41.7. The third kappa shape index (κ3) is 4.70. The fourth-order valence-electron chi connectivity index (χ4n) is 5.61. The number of hydrogen-bond acceptors (Lipinski definition) is 6. The second-order valence-electron chi connectivity index (χ2n) is 11.0. The lowest BCUT2D eigenvalue weighted by molar-refractivity contribution is -0.140. The molecular weight excluding hydrogens is 456 g/mol. The quantitative estimate of drug-likeness (QED) is 0.602. The molecule has 2 aliphatic carbocycles. The van der Waals surface area contributed by atoms with Crippen LogP contribution in [0.2, 0.25) is 0 Å². The van der Waals surface area contributed by atoms with Gasteiger partial charge in [0.2, 0.25) is 21.8 Å². The highest BCUT2D eigenvalue weighted by Crippen LogP contribution is 2.57. The van der Waals surface area contributed by atoms with Crippen molar-refractivity contribution in [2.24, 2.45) is 17.3 Å². The predicted octanol–water partition coefficient (Wildman–Crippen LogP) is 2.72. The number of nitrogens with one attached hydrogen (secondary N) is 1. The highest BCUT2D eigenvalue weighted by molar-refractivity contribution is 7.91. The molecule has 1 N–H and O–H groups in total. The Balaban J connectivity index is 1.61. The van der Waals surface area contributed by atoms with Gasteiger partial charge in [-0.25, -0.2) is 8.42 Å². The number of ketones is 1. The normalized spacial score (nSPS) is 37.1. The number of allylic oxidation sites excluding steroid dienone is 2. The molecule has 2 aliphatic heterocycles. The number of methoxy groups -OCH3 is 1. The van der Waals surface area contributed by atoms with Crippen molar-refractivity contribution in [2.45, 2.75) is 94.9 Å². The van der Waals surface area contributed by atoms with Crippen LogP contribution in [0.5, 0.6) is 0 Å². The maximum atomic E-state index is 13.7. The van der Waals surface area contributed by atoms with Gasteiger partial charge in [0.05, 0.1) is 22.3 Å². The summed E-state index contributed by atoms with van der Waals surface area (Å²) in [6.45, 7) is 3.91. The topological polar surface area (TPSA) is 110 Å². The van der Waals surface area contributed by atoms with Gasteiger partial charge in [0.25, 0.3) is 0 Å². The Morgan fingerprint density at radius 3 is 2.56 bits per heavy atom. The van der Waals surface area contributed by atoms with Gasteiger partial charge in [0, 0.05) is 32.4 Å². The molecular formula is C25H38N2O6S. The smallest absolute Gasteiger partial charge is 0.240 e. The van der Waals surface area contributed by atoms with Crippen molar-refractivity contribution in [3.63, 3.8) is 0 Å². The summed E-state index contributed by atoms with van der Waals surface area (Å²) in [6.07, 6.45) is 10.2. The lowest BCUT2D eigenvalue weighted by atomic mass is 9.87. The van der Waals surface area contributed by atoms with Gasteiger partial charge < -0.3 is 9.64 Å². The van der Waals surface area contributed by atoms with Crippen LogP contribution in [-0.4, -0.2) is 61.5 Å². The third-order valence-electron chi connectivity index (χ3n) is 8.54. The van der Waals surface area contributed by atoms with Crippen LogP contribution in [0.4, 0.5) is 0 Å². The second-order valence-corrected chi connectivity index (χ2v) is 13.2. The number of fused-ring (bicyclic) bond motifs is 2. The summed E-state index contributed by atoms with van der Waals surface area (Å²) in [5, 5.41) is 0. The number of Topliss-reactive ketones (excluding diaryl/α,β-unsaturated/α-hetero) is 1. The lowest BCUT2D eigenvalue weighted by Crippen LogP contribution is -2.47. The van der Waals surface area contributed by atoms with Crippen LogP contribution >= 0.6 is 0 Å². The van der Waals surface area contributed by atoms with Gasteiger partial charge in [0.1, 0.15) is 0 Å². The van der Waals surface area contributed by atoms with E-state index in [1.807, 2.05) is 13.0 Å². The Hall–Kier alpha value is -1.74. The minimum absolute atomic E-state index is 0.0483. The predicted molar refractivity (Wildman–Crippen MR) is 127 cm³/mol. The average Bonchev–Trinajstić information content (AvgIpc) is 3.66. The zero-order valence-electron chi connectivity index (χ0n) is 20.5. The molecule has 190 valence electrons. The number of carbonyl (C=O) groups excluding carboxylic acids is 3. The van der Waals surface area contributed by atoms with E-state index in [9.17, 15) is 22.8 Å². The van der Waals surface area contributed by atoms with Gasteiger partial charge in [-0.3, -0.25) is 19.1 Å². The molecule has 8 nitrogen and oxygen atoms in total. The minimum atomic E-state index is -3.80. The van der Waals surface area contributed by atoms with Crippen LogP contribution in [0.25, 0.3) is 0 Å². The summed E-state index contributed by atoms with van der Waals surface area (Å²) >= 11 is 0. The van der Waals surface area contributed by atoms with Gasteiger partial charge in [-0.05, 0) is 51.4 Å². The van der Waals surface area contributed by atoms with Crippen LogP contribution in [0, 0.1) is 17.3 Å². The summed E-state index contributed by atoms with van der Waals surface area (Å²) in [6, 6.07) is -0.657. The van der Waals surface area contributed by atoms with Crippen LogP contribution in [0.3, 0.4) is 0 Å². The third-order valence-corrected chi connectivity index (χ3v) is 10.7. The van der Waals surface area contributed by atoms with E-state index in [1.54, 1.807) is 18.9 Å². The summed E-state index contributed by atoms with van der Waals surface area (Å²) in [5.41, 5.74) is -1.08. The molecule has 0 radical (unpaired) electrons. The molecule has 34 heavy (non-hydrogen) atoms. The van der Waals surface area contributed by atoms with Crippen molar-refractivity contribution in [3.8, 4) is 0 Å². The zero-order valence-corrected chi connectivity index (χ0v) is 21.4. The van der Waals surface area contributed by atoms with E-state index in [-0.39, 0.29) is 36.1 Å². The Bertz CT molecular complexity index is 972. The Morgan fingerprint density at radius 1 is 1.18 bits per heavy atom. The number of carbonyl (C=O) groups is 3. The summed E-state index contributed by atoms with van der Waals surface area (Å²) in [5.74, 6) is -1.19. The molecule has 0 aromatic heterocycles. The summed E-state index contributed by atoms with van der Waals surface area (Å²) < 4.78 is 32.5. The number of amides is 2. The van der Waals surface area contributed by atoms with Crippen LogP contribution in [0.1, 0.15) is 78.1 Å². The van der Waals surface area contributed by atoms with Crippen molar-refractivity contribution >= 4 is 27.6 Å². The molecule has 1 unspecified atom stereocenters. The molecule has 2 amide bonds. The average molecular weight is 495 g/mol. The molecule has 0 bridgehead atoms. The highest BCUT2D eigenvalue weighted by atomic mass is 32.2. The first-order valence-corrected chi connectivity index (χ1v) is 14.1. The van der Waals surface area contributed by atoms with E-state index in [0.717, 1.165) is 32.1 Å². The first-order valence-electron chi connectivity index (χ1n) is 12.6. The largest absolute Gasteiger partial charge is 0.379 e. The SMILES string of the molecule is CO[C@H]1CN2C(=O)CCCCCC/C=C\[C@@H]3C[C@@]3(C(=O)NS(=O)(=O)C3(C)CC3)CC(=O)[C@@H]2C1C. The van der Waals surface area contributed by atoms with Gasteiger partial charge in [-0.2, -0.15) is 0 Å². The minimum Gasteiger partial charge on any atom is -0.379 e. The number of rotatable bonds is 4. The van der Waals surface area contributed by atoms with Crippen molar-refractivity contribution < 1.29 is 27.5 Å². The van der Waals surface area contributed by atoms with E-state index in [2.05, 4.69) is 10.8 Å². The van der Waals surface area contributed by atoms with Crippen LogP contribution in [-0.2, 0) is 29.1 Å². The lowest BCUT2D eigenvalue weighted by Gasteiger charge is -2.27. The molecule has 2 heterocycles. The van der Waals surface area contributed by atoms with Crippen molar-refractivity contribution in [2.75, 3.05) is 13.7 Å². The van der Waals surface area contributed by atoms with E-state index >= 15 is 0 Å². The van der Waals surface area contributed by atoms with E-state index in [0.29, 0.717) is 32.2 Å². The molecule has 1 saturated heterocycles. The zero-order chi connectivity index (χ0) is 24.7. The second kappa shape index (κ2) is 9.37. The molecule has 2 saturated carbocycles. The highest BCUT2D eigenvalue weighted by Gasteiger charge is 2.63. The van der Waals surface area contributed by atoms with Crippen LogP contribution in [0.15, 0.2) is 12.2 Å². The van der Waals surface area contributed by atoms with E-state index in [1.165, 1.54) is 0 Å². The fourth-order valence-corrected chi connectivity index (χ4v) is 6.94. The maximum Gasteiger partial charge on any atom is 0.240 e. The molecule has 4 aliphatic rings. The van der Waals surface area contributed by atoms with E-state index < -0.39 is 32.1 Å². The van der Waals surface area contributed by atoms with Gasteiger partial charge in [0.15, 0.2) is 5.78 Å². The van der Waals surface area contributed by atoms with Crippen LogP contribution < -0.4 is 4.72 Å². The standard InChI is InChI=1S/C25H38N2O6S/c1-17-20(33-3)16-27-21(29)11-9-7-5-4-6-8-10-18-14-25(18,15-19(28)22(17)27)23(30)26-34(31,32)24(2)12-13-24/h8,10,17-18,20,22H,4-7,9,11-16H2,1-3H3,(H,26,30)/b10-8-/t17?,18-,20+,22+,25-/m1/s1. The Kier molecular flexibility index (Phi) is 6.99. The Morgan fingerprint density at radius 2 is 1.88 bits per heavy atom. The van der Waals surface area contributed by atoms with Crippen molar-refractivity contribution in [1.82, 2.24) is 9.62 Å². The monoisotopic (exact) mass is 494 g/mol. The molecule has 4 rings (SSSR count). The number of sulfonamides is 1. The molecule has 5 atom stereocenters. The number of nitrogens with zero attached hydrogens (tertiary/aromatic N) is 1. The molecule has 3 fully saturated rings. The molecule has 0 aromatic carbocycles. The molecule has 9 heteroatoms. The Labute approximate surface area is 202 Å². The van der Waals surface area contributed by atoms with Gasteiger partial charge in [-0.1, -0.05) is 31.9 Å². The molecule has 0 aromatic rings. The number of hydrogen-bond donors (Lipinski definition) is 1. The fraction of sp³-hybridized carbons (Fsp3) is 0.800. The maximum absolute atomic E-state index is 13.7. The van der Waals surface area contributed by atoms with E-state index in [4.69, 9.17) is 4.74 Å². The summed E-state index contributed by atoms with van der Waals surface area (Å²) in [7, 11) is -2.21. The van der Waals surface area contributed by atoms with Crippen molar-refractivity contribution in [3.05, 3.63) is 12.2 Å². The van der Waals surface area contributed by atoms with Crippen molar-refractivity contribution in [1.29, 1.82) is 0 Å².